The molecule has 0 radical (unpaired) electrons. The van der Waals surface area contributed by atoms with Gasteiger partial charge in [-0.3, -0.25) is 0 Å². The van der Waals surface area contributed by atoms with Crippen LogP contribution >= 0.6 is 0 Å². The molecule has 0 saturated carbocycles. The fourth-order valence-corrected chi connectivity index (χ4v) is 1.55. The lowest BCUT2D eigenvalue weighted by atomic mass is 9.97. The average Bonchev–Trinajstić information content (AvgIpc) is 2.12. The SMILES string of the molecule is Cc1ccc2c(c1)[C@@H](N)[C@@H](O)CO2. The van der Waals surface area contributed by atoms with Crippen molar-refractivity contribution in [3.8, 4) is 5.75 Å². The Morgan fingerprint density at radius 2 is 2.31 bits per heavy atom. The second kappa shape index (κ2) is 3.01. The highest BCUT2D eigenvalue weighted by atomic mass is 16.5. The van der Waals surface area contributed by atoms with Crippen molar-refractivity contribution in [3.05, 3.63) is 29.3 Å². The summed E-state index contributed by atoms with van der Waals surface area (Å²) in [6, 6.07) is 5.52. The summed E-state index contributed by atoms with van der Waals surface area (Å²) < 4.78 is 5.33. The van der Waals surface area contributed by atoms with Crippen LogP contribution in [0.25, 0.3) is 0 Å². The Morgan fingerprint density at radius 3 is 3.08 bits per heavy atom. The molecule has 0 bridgehead atoms. The van der Waals surface area contributed by atoms with Crippen molar-refractivity contribution in [2.45, 2.75) is 19.1 Å². The maximum atomic E-state index is 9.47. The number of aliphatic hydroxyl groups is 1. The van der Waals surface area contributed by atoms with Gasteiger partial charge in [-0.2, -0.15) is 0 Å². The molecular formula is C10H13NO2. The summed E-state index contributed by atoms with van der Waals surface area (Å²) in [5.41, 5.74) is 7.86. The molecule has 0 unspecified atom stereocenters. The number of fused-ring (bicyclic) bond motifs is 1. The number of hydrogen-bond acceptors (Lipinski definition) is 3. The minimum absolute atomic E-state index is 0.289. The molecule has 0 fully saturated rings. The topological polar surface area (TPSA) is 55.5 Å². The van der Waals surface area contributed by atoms with Gasteiger partial charge in [0.2, 0.25) is 0 Å². The van der Waals surface area contributed by atoms with Gasteiger partial charge in [0.1, 0.15) is 18.5 Å². The lowest BCUT2D eigenvalue weighted by Gasteiger charge is -2.27. The number of benzene rings is 1. The fourth-order valence-electron chi connectivity index (χ4n) is 1.55. The summed E-state index contributed by atoms with van der Waals surface area (Å²) in [7, 11) is 0. The number of nitrogens with two attached hydrogens (primary N) is 1. The highest BCUT2D eigenvalue weighted by Gasteiger charge is 2.25. The van der Waals surface area contributed by atoms with E-state index in [1.165, 1.54) is 0 Å². The number of aliphatic hydroxyl groups excluding tert-OH is 1. The van der Waals surface area contributed by atoms with Gasteiger partial charge in [-0.1, -0.05) is 17.7 Å². The normalized spacial score (nSPS) is 26.4. The summed E-state index contributed by atoms with van der Waals surface area (Å²) in [6.45, 7) is 2.28. The summed E-state index contributed by atoms with van der Waals surface area (Å²) in [5.74, 6) is 0.795. The second-order valence-corrected chi connectivity index (χ2v) is 3.45. The largest absolute Gasteiger partial charge is 0.490 e. The number of hydrogen-bond donors (Lipinski definition) is 2. The van der Waals surface area contributed by atoms with Crippen molar-refractivity contribution in [3.63, 3.8) is 0 Å². The van der Waals surface area contributed by atoms with E-state index >= 15 is 0 Å². The highest BCUT2D eigenvalue weighted by Crippen LogP contribution is 2.31. The minimum atomic E-state index is -0.589. The Morgan fingerprint density at radius 1 is 1.54 bits per heavy atom. The molecule has 0 aromatic heterocycles. The first-order chi connectivity index (χ1) is 6.18. The van der Waals surface area contributed by atoms with E-state index in [0.29, 0.717) is 0 Å². The van der Waals surface area contributed by atoms with Crippen LogP contribution in [0.1, 0.15) is 17.2 Å². The Labute approximate surface area is 77.1 Å². The third kappa shape index (κ3) is 1.41. The zero-order valence-electron chi connectivity index (χ0n) is 7.53. The first-order valence-corrected chi connectivity index (χ1v) is 4.35. The molecule has 0 spiro atoms. The Hall–Kier alpha value is -1.06. The smallest absolute Gasteiger partial charge is 0.124 e. The fraction of sp³-hybridized carbons (Fsp3) is 0.400. The molecule has 3 N–H and O–H groups in total. The van der Waals surface area contributed by atoms with E-state index < -0.39 is 6.10 Å². The zero-order chi connectivity index (χ0) is 9.42. The first kappa shape index (κ1) is 8.53. The molecule has 0 amide bonds. The van der Waals surface area contributed by atoms with Crippen molar-refractivity contribution in [2.75, 3.05) is 6.61 Å². The quantitative estimate of drug-likeness (QED) is 0.618. The molecule has 1 aromatic carbocycles. The second-order valence-electron chi connectivity index (χ2n) is 3.45. The van der Waals surface area contributed by atoms with E-state index in [4.69, 9.17) is 10.5 Å². The van der Waals surface area contributed by atoms with Crippen molar-refractivity contribution < 1.29 is 9.84 Å². The van der Waals surface area contributed by atoms with E-state index in [9.17, 15) is 5.11 Å². The van der Waals surface area contributed by atoms with Gasteiger partial charge in [-0.25, -0.2) is 0 Å². The summed E-state index contributed by atoms with van der Waals surface area (Å²) in [6.07, 6.45) is -0.589. The van der Waals surface area contributed by atoms with Crippen molar-refractivity contribution in [1.82, 2.24) is 0 Å². The summed E-state index contributed by atoms with van der Waals surface area (Å²) in [5, 5.41) is 9.47. The van der Waals surface area contributed by atoms with Gasteiger partial charge in [0, 0.05) is 5.56 Å². The molecule has 3 nitrogen and oxygen atoms in total. The zero-order valence-corrected chi connectivity index (χ0v) is 7.53. The molecule has 1 aromatic rings. The van der Waals surface area contributed by atoms with Gasteiger partial charge in [0.25, 0.3) is 0 Å². The molecule has 1 aliphatic heterocycles. The predicted molar refractivity (Wildman–Crippen MR) is 49.6 cm³/mol. The van der Waals surface area contributed by atoms with Crippen LogP contribution < -0.4 is 10.5 Å². The molecule has 3 heteroatoms. The molecule has 0 aliphatic carbocycles. The Bertz CT molecular complexity index is 325. The molecule has 70 valence electrons. The standard InChI is InChI=1S/C10H13NO2/c1-6-2-3-9-7(4-6)10(11)8(12)5-13-9/h2-4,8,10,12H,5,11H2,1H3/t8-,10+/m0/s1. The lowest BCUT2D eigenvalue weighted by molar-refractivity contribution is 0.0678. The maximum Gasteiger partial charge on any atom is 0.124 e. The molecular weight excluding hydrogens is 166 g/mol. The number of rotatable bonds is 0. The van der Waals surface area contributed by atoms with Crippen LogP contribution in [0.3, 0.4) is 0 Å². The number of ether oxygens (including phenoxy) is 1. The van der Waals surface area contributed by atoms with Crippen molar-refractivity contribution in [2.24, 2.45) is 5.73 Å². The van der Waals surface area contributed by atoms with Gasteiger partial charge in [0.05, 0.1) is 6.04 Å². The van der Waals surface area contributed by atoms with Crippen LogP contribution in [-0.2, 0) is 0 Å². The molecule has 0 saturated heterocycles. The van der Waals surface area contributed by atoms with E-state index in [-0.39, 0.29) is 12.6 Å². The first-order valence-electron chi connectivity index (χ1n) is 4.35. The molecule has 13 heavy (non-hydrogen) atoms. The third-order valence-electron chi connectivity index (χ3n) is 2.35. The van der Waals surface area contributed by atoms with Gasteiger partial charge in [-0.15, -0.1) is 0 Å². The average molecular weight is 179 g/mol. The summed E-state index contributed by atoms with van der Waals surface area (Å²) in [4.78, 5) is 0. The Kier molecular flexibility index (Phi) is 1.98. The van der Waals surface area contributed by atoms with Crippen LogP contribution in [0.4, 0.5) is 0 Å². The van der Waals surface area contributed by atoms with E-state index in [1.54, 1.807) is 0 Å². The van der Waals surface area contributed by atoms with Crippen molar-refractivity contribution in [1.29, 1.82) is 0 Å². The molecule has 2 rings (SSSR count). The Balaban J connectivity index is 2.45. The van der Waals surface area contributed by atoms with E-state index in [2.05, 4.69) is 0 Å². The molecule has 1 heterocycles. The van der Waals surface area contributed by atoms with E-state index in [1.807, 2.05) is 25.1 Å². The lowest BCUT2D eigenvalue weighted by Crippen LogP contribution is -2.35. The van der Waals surface area contributed by atoms with Crippen LogP contribution in [-0.4, -0.2) is 17.8 Å². The third-order valence-corrected chi connectivity index (χ3v) is 2.35. The van der Waals surface area contributed by atoms with Gasteiger partial charge >= 0.3 is 0 Å². The number of aryl methyl sites for hydroxylation is 1. The van der Waals surface area contributed by atoms with Crippen LogP contribution in [0.15, 0.2) is 18.2 Å². The van der Waals surface area contributed by atoms with E-state index in [0.717, 1.165) is 16.9 Å². The maximum absolute atomic E-state index is 9.47. The predicted octanol–water partition coefficient (Wildman–Crippen LogP) is 0.748. The van der Waals surface area contributed by atoms with Gasteiger partial charge in [0.15, 0.2) is 0 Å². The molecule has 1 aliphatic rings. The van der Waals surface area contributed by atoms with Crippen LogP contribution in [0.2, 0.25) is 0 Å². The molecule has 2 atom stereocenters. The van der Waals surface area contributed by atoms with Gasteiger partial charge < -0.3 is 15.6 Å². The van der Waals surface area contributed by atoms with Crippen LogP contribution in [0.5, 0.6) is 5.75 Å². The van der Waals surface area contributed by atoms with Crippen molar-refractivity contribution >= 4 is 0 Å². The minimum Gasteiger partial charge on any atom is -0.490 e. The van der Waals surface area contributed by atoms with Crippen LogP contribution in [0, 0.1) is 6.92 Å². The monoisotopic (exact) mass is 179 g/mol. The van der Waals surface area contributed by atoms with Gasteiger partial charge in [-0.05, 0) is 13.0 Å². The highest BCUT2D eigenvalue weighted by molar-refractivity contribution is 5.40. The summed E-state index contributed by atoms with van der Waals surface area (Å²) >= 11 is 0.